The maximum atomic E-state index is 11.9. The monoisotopic (exact) mass is 338 g/mol. The predicted octanol–water partition coefficient (Wildman–Crippen LogP) is 3.85. The Bertz CT molecular complexity index is 541. The van der Waals surface area contributed by atoms with E-state index < -0.39 is 0 Å². The van der Waals surface area contributed by atoms with Gasteiger partial charge in [0.15, 0.2) is 0 Å². The number of urea groups is 1. The molecule has 1 aromatic carbocycles. The summed E-state index contributed by atoms with van der Waals surface area (Å²) < 4.78 is 1.08. The lowest BCUT2D eigenvalue weighted by molar-refractivity contribution is 0.207. The molecular formula is C14H15BrN2OS. The first kappa shape index (κ1) is 14.1. The van der Waals surface area contributed by atoms with Crippen molar-refractivity contribution in [3.05, 3.63) is 56.7 Å². The Hall–Kier alpha value is -1.33. The van der Waals surface area contributed by atoms with Crippen molar-refractivity contribution in [2.45, 2.75) is 13.1 Å². The van der Waals surface area contributed by atoms with E-state index in [1.165, 1.54) is 0 Å². The fourth-order valence-electron chi connectivity index (χ4n) is 1.65. The molecule has 1 N–H and O–H groups in total. The predicted molar refractivity (Wildman–Crippen MR) is 82.2 cm³/mol. The van der Waals surface area contributed by atoms with Crippen molar-refractivity contribution < 1.29 is 4.79 Å². The molecule has 0 spiro atoms. The van der Waals surface area contributed by atoms with Gasteiger partial charge in [-0.15, -0.1) is 11.3 Å². The molecule has 1 heterocycles. The summed E-state index contributed by atoms with van der Waals surface area (Å²) >= 11 is 5.06. The molecule has 2 rings (SSSR count). The maximum Gasteiger partial charge on any atom is 0.317 e. The Morgan fingerprint density at radius 1 is 1.26 bits per heavy atom. The highest BCUT2D eigenvalue weighted by Gasteiger charge is 2.09. The molecule has 0 atom stereocenters. The number of nitrogens with zero attached hydrogens (tertiary/aromatic N) is 1. The zero-order chi connectivity index (χ0) is 13.7. The van der Waals surface area contributed by atoms with Crippen LogP contribution in [0.2, 0.25) is 0 Å². The van der Waals surface area contributed by atoms with Crippen LogP contribution < -0.4 is 5.32 Å². The summed E-state index contributed by atoms with van der Waals surface area (Å²) in [6.07, 6.45) is 0. The third-order valence-corrected chi connectivity index (χ3v) is 4.26. The van der Waals surface area contributed by atoms with E-state index in [0.29, 0.717) is 13.1 Å². The lowest BCUT2D eigenvalue weighted by Crippen LogP contribution is -2.36. The van der Waals surface area contributed by atoms with E-state index in [0.717, 1.165) is 14.2 Å². The molecule has 0 aliphatic rings. The van der Waals surface area contributed by atoms with E-state index >= 15 is 0 Å². The number of nitrogens with one attached hydrogen (secondary N) is 1. The van der Waals surface area contributed by atoms with Crippen molar-refractivity contribution in [1.29, 1.82) is 0 Å². The van der Waals surface area contributed by atoms with Crippen LogP contribution in [0, 0.1) is 0 Å². The molecule has 0 fully saturated rings. The van der Waals surface area contributed by atoms with Gasteiger partial charge in [-0.05, 0) is 33.6 Å². The van der Waals surface area contributed by atoms with E-state index in [2.05, 4.69) is 21.2 Å². The first-order chi connectivity index (χ1) is 9.15. The van der Waals surface area contributed by atoms with Gasteiger partial charge in [-0.1, -0.05) is 30.3 Å². The maximum absolute atomic E-state index is 11.9. The van der Waals surface area contributed by atoms with Gasteiger partial charge in [0.05, 0.1) is 10.3 Å². The number of carbonyl (C=O) groups excluding carboxylic acids is 1. The second-order valence-electron chi connectivity index (χ2n) is 4.21. The van der Waals surface area contributed by atoms with E-state index in [-0.39, 0.29) is 6.03 Å². The zero-order valence-corrected chi connectivity index (χ0v) is 13.0. The highest BCUT2D eigenvalue weighted by molar-refractivity contribution is 9.11. The average Bonchev–Trinajstić information content (AvgIpc) is 2.82. The Morgan fingerprint density at radius 2 is 2.00 bits per heavy atom. The van der Waals surface area contributed by atoms with Crippen LogP contribution in [0.1, 0.15) is 10.4 Å². The van der Waals surface area contributed by atoms with Gasteiger partial charge < -0.3 is 10.2 Å². The number of hydrogen-bond acceptors (Lipinski definition) is 2. The van der Waals surface area contributed by atoms with Crippen LogP contribution in [0.25, 0.3) is 0 Å². The largest absolute Gasteiger partial charge is 0.334 e. The molecule has 0 aliphatic carbocycles. The molecule has 0 aliphatic heterocycles. The minimum Gasteiger partial charge on any atom is -0.334 e. The van der Waals surface area contributed by atoms with Gasteiger partial charge in [-0.25, -0.2) is 4.79 Å². The molecular weight excluding hydrogens is 324 g/mol. The van der Waals surface area contributed by atoms with Gasteiger partial charge in [-0.3, -0.25) is 0 Å². The number of amides is 2. The minimum absolute atomic E-state index is 0.0617. The summed E-state index contributed by atoms with van der Waals surface area (Å²) in [5, 5.41) is 2.91. The van der Waals surface area contributed by atoms with Crippen LogP contribution in [-0.2, 0) is 13.1 Å². The SMILES string of the molecule is CN(Cc1ccc(Br)s1)C(=O)NCc1ccccc1. The molecule has 3 nitrogen and oxygen atoms in total. The van der Waals surface area contributed by atoms with Crippen molar-refractivity contribution >= 4 is 33.3 Å². The number of benzene rings is 1. The van der Waals surface area contributed by atoms with Gasteiger partial charge in [-0.2, -0.15) is 0 Å². The summed E-state index contributed by atoms with van der Waals surface area (Å²) in [4.78, 5) is 14.8. The Morgan fingerprint density at radius 3 is 2.63 bits per heavy atom. The van der Waals surface area contributed by atoms with Crippen LogP contribution in [-0.4, -0.2) is 18.0 Å². The van der Waals surface area contributed by atoms with Gasteiger partial charge in [0.2, 0.25) is 0 Å². The zero-order valence-electron chi connectivity index (χ0n) is 10.6. The number of thiophene rings is 1. The summed E-state index contributed by atoms with van der Waals surface area (Å²) in [5.74, 6) is 0. The molecule has 0 unspecified atom stereocenters. The lowest BCUT2D eigenvalue weighted by atomic mass is 10.2. The third-order valence-electron chi connectivity index (χ3n) is 2.66. The van der Waals surface area contributed by atoms with E-state index in [1.807, 2.05) is 42.5 Å². The molecule has 0 saturated carbocycles. The first-order valence-corrected chi connectivity index (χ1v) is 7.53. The van der Waals surface area contributed by atoms with E-state index in [1.54, 1.807) is 23.3 Å². The van der Waals surface area contributed by atoms with Gasteiger partial charge >= 0.3 is 6.03 Å². The number of halogens is 1. The topological polar surface area (TPSA) is 32.3 Å². The fourth-order valence-corrected chi connectivity index (χ4v) is 3.19. The van der Waals surface area contributed by atoms with Crippen molar-refractivity contribution in [2.75, 3.05) is 7.05 Å². The van der Waals surface area contributed by atoms with E-state index in [4.69, 9.17) is 0 Å². The Kier molecular flexibility index (Phi) is 4.99. The smallest absolute Gasteiger partial charge is 0.317 e. The number of rotatable bonds is 4. The van der Waals surface area contributed by atoms with Crippen LogP contribution in [0.3, 0.4) is 0 Å². The van der Waals surface area contributed by atoms with Crippen LogP contribution in [0.15, 0.2) is 46.3 Å². The van der Waals surface area contributed by atoms with Crippen molar-refractivity contribution in [2.24, 2.45) is 0 Å². The summed E-state index contributed by atoms with van der Waals surface area (Å²) in [5.41, 5.74) is 1.10. The molecule has 2 aromatic rings. The van der Waals surface area contributed by atoms with Crippen LogP contribution >= 0.6 is 27.3 Å². The van der Waals surface area contributed by atoms with E-state index in [9.17, 15) is 4.79 Å². The number of carbonyl (C=O) groups is 1. The normalized spacial score (nSPS) is 10.2. The second kappa shape index (κ2) is 6.73. The summed E-state index contributed by atoms with van der Waals surface area (Å²) in [7, 11) is 1.80. The minimum atomic E-state index is -0.0617. The molecule has 1 aromatic heterocycles. The highest BCUT2D eigenvalue weighted by atomic mass is 79.9. The van der Waals surface area contributed by atoms with Crippen molar-refractivity contribution in [3.8, 4) is 0 Å². The quantitative estimate of drug-likeness (QED) is 0.902. The standard InChI is InChI=1S/C14H15BrN2OS/c1-17(10-12-7-8-13(15)19-12)14(18)16-9-11-5-3-2-4-6-11/h2-8H,9-10H2,1H3,(H,16,18). The Balaban J connectivity index is 1.82. The summed E-state index contributed by atoms with van der Waals surface area (Å²) in [6.45, 7) is 1.18. The molecule has 5 heteroatoms. The highest BCUT2D eigenvalue weighted by Crippen LogP contribution is 2.22. The third kappa shape index (κ3) is 4.36. The fraction of sp³-hybridized carbons (Fsp3) is 0.214. The van der Waals surface area contributed by atoms with Gasteiger partial charge in [0.1, 0.15) is 0 Å². The van der Waals surface area contributed by atoms with Crippen LogP contribution in [0.5, 0.6) is 0 Å². The van der Waals surface area contributed by atoms with Crippen LogP contribution in [0.4, 0.5) is 4.79 Å². The second-order valence-corrected chi connectivity index (χ2v) is 6.75. The number of hydrogen-bond donors (Lipinski definition) is 1. The van der Waals surface area contributed by atoms with Gasteiger partial charge in [0, 0.05) is 18.5 Å². The molecule has 0 bridgehead atoms. The summed E-state index contributed by atoms with van der Waals surface area (Å²) in [6, 6.07) is 13.8. The molecule has 100 valence electrons. The first-order valence-electron chi connectivity index (χ1n) is 5.92. The molecule has 0 saturated heterocycles. The molecule has 19 heavy (non-hydrogen) atoms. The van der Waals surface area contributed by atoms with Crippen molar-refractivity contribution in [1.82, 2.24) is 10.2 Å². The molecule has 2 amide bonds. The average molecular weight is 339 g/mol. The molecule has 0 radical (unpaired) electrons. The van der Waals surface area contributed by atoms with Crippen molar-refractivity contribution in [3.63, 3.8) is 0 Å². The van der Waals surface area contributed by atoms with Gasteiger partial charge in [0.25, 0.3) is 0 Å². The lowest BCUT2D eigenvalue weighted by Gasteiger charge is -2.17. The Labute approximate surface area is 125 Å².